The second-order valence-corrected chi connectivity index (χ2v) is 4.67. The average molecular weight is 286 g/mol. The third-order valence-corrected chi connectivity index (χ3v) is 3.15. The molecule has 0 unspecified atom stereocenters. The van der Waals surface area contributed by atoms with Gasteiger partial charge >= 0.3 is 0 Å². The van der Waals surface area contributed by atoms with Gasteiger partial charge in [-0.15, -0.1) is 0 Å². The summed E-state index contributed by atoms with van der Waals surface area (Å²) in [5.41, 5.74) is 1.81. The van der Waals surface area contributed by atoms with E-state index in [0.29, 0.717) is 23.1 Å². The number of aromatic nitrogens is 1. The van der Waals surface area contributed by atoms with Crippen molar-refractivity contribution >= 4 is 11.6 Å². The fraction of sp³-hybridized carbons (Fsp3) is 0.0625. The SMILES string of the molecule is Clc1ccccc1OCc1cc(-c2ccccc2)no1. The van der Waals surface area contributed by atoms with E-state index < -0.39 is 0 Å². The molecule has 2 aromatic carbocycles. The minimum Gasteiger partial charge on any atom is -0.484 e. The molecular weight excluding hydrogens is 274 g/mol. The molecule has 0 N–H and O–H groups in total. The van der Waals surface area contributed by atoms with E-state index in [1.807, 2.05) is 54.6 Å². The Morgan fingerprint density at radius 1 is 1.00 bits per heavy atom. The van der Waals surface area contributed by atoms with Gasteiger partial charge in [0.15, 0.2) is 5.76 Å². The molecule has 1 heterocycles. The zero-order valence-corrected chi connectivity index (χ0v) is 11.4. The summed E-state index contributed by atoms with van der Waals surface area (Å²) in [7, 11) is 0. The van der Waals surface area contributed by atoms with Crippen molar-refractivity contribution in [3.8, 4) is 17.0 Å². The lowest BCUT2D eigenvalue weighted by molar-refractivity contribution is 0.250. The Morgan fingerprint density at radius 3 is 2.55 bits per heavy atom. The molecule has 0 amide bonds. The lowest BCUT2D eigenvalue weighted by Gasteiger charge is -2.04. The number of ether oxygens (including phenoxy) is 1. The fourth-order valence-corrected chi connectivity index (χ4v) is 2.03. The van der Waals surface area contributed by atoms with E-state index in [-0.39, 0.29) is 0 Å². The van der Waals surface area contributed by atoms with Crippen molar-refractivity contribution in [3.05, 3.63) is 71.4 Å². The van der Waals surface area contributed by atoms with Crippen molar-refractivity contribution in [3.63, 3.8) is 0 Å². The maximum absolute atomic E-state index is 6.02. The van der Waals surface area contributed by atoms with Crippen molar-refractivity contribution in [2.75, 3.05) is 0 Å². The maximum Gasteiger partial charge on any atom is 0.174 e. The molecule has 0 radical (unpaired) electrons. The molecule has 20 heavy (non-hydrogen) atoms. The Balaban J connectivity index is 1.71. The Bertz CT molecular complexity index is 694. The number of para-hydroxylation sites is 1. The Morgan fingerprint density at radius 2 is 1.75 bits per heavy atom. The molecule has 1 aromatic heterocycles. The van der Waals surface area contributed by atoms with Gasteiger partial charge in [0.25, 0.3) is 0 Å². The second-order valence-electron chi connectivity index (χ2n) is 4.26. The van der Waals surface area contributed by atoms with Crippen LogP contribution in [0.5, 0.6) is 5.75 Å². The number of hydrogen-bond acceptors (Lipinski definition) is 3. The molecule has 3 rings (SSSR count). The van der Waals surface area contributed by atoms with Crippen LogP contribution < -0.4 is 4.74 Å². The van der Waals surface area contributed by atoms with Gasteiger partial charge in [0.1, 0.15) is 18.1 Å². The van der Waals surface area contributed by atoms with Gasteiger partial charge in [0.2, 0.25) is 0 Å². The molecule has 0 aliphatic carbocycles. The van der Waals surface area contributed by atoms with Crippen LogP contribution in [0.15, 0.2) is 65.2 Å². The molecule has 0 spiro atoms. The van der Waals surface area contributed by atoms with Gasteiger partial charge in [-0.1, -0.05) is 59.2 Å². The number of hydrogen-bond donors (Lipinski definition) is 0. The Labute approximate surface area is 121 Å². The highest BCUT2D eigenvalue weighted by Gasteiger charge is 2.07. The summed E-state index contributed by atoms with van der Waals surface area (Å²) in [5.74, 6) is 1.29. The van der Waals surface area contributed by atoms with Gasteiger partial charge in [0, 0.05) is 11.6 Å². The summed E-state index contributed by atoms with van der Waals surface area (Å²) in [6.07, 6.45) is 0. The molecule has 0 saturated carbocycles. The molecule has 0 saturated heterocycles. The summed E-state index contributed by atoms with van der Waals surface area (Å²) in [6.45, 7) is 0.295. The standard InChI is InChI=1S/C16H12ClNO2/c17-14-8-4-5-9-16(14)19-11-13-10-15(18-20-13)12-6-2-1-3-7-12/h1-10H,11H2. The first kappa shape index (κ1) is 12.8. The van der Waals surface area contributed by atoms with E-state index in [1.54, 1.807) is 6.07 Å². The zero-order valence-electron chi connectivity index (χ0n) is 10.6. The molecular formula is C16H12ClNO2. The van der Waals surface area contributed by atoms with Crippen molar-refractivity contribution < 1.29 is 9.26 Å². The van der Waals surface area contributed by atoms with Crippen LogP contribution in [0.25, 0.3) is 11.3 Å². The van der Waals surface area contributed by atoms with Gasteiger partial charge < -0.3 is 9.26 Å². The Hall–Kier alpha value is -2.26. The van der Waals surface area contributed by atoms with E-state index in [4.69, 9.17) is 20.9 Å². The van der Waals surface area contributed by atoms with Gasteiger partial charge in [-0.2, -0.15) is 0 Å². The molecule has 0 aliphatic heterocycles. The normalized spacial score (nSPS) is 10.4. The van der Waals surface area contributed by atoms with E-state index in [0.717, 1.165) is 11.3 Å². The number of benzene rings is 2. The number of rotatable bonds is 4. The first-order chi connectivity index (χ1) is 9.83. The van der Waals surface area contributed by atoms with Crippen molar-refractivity contribution in [1.29, 1.82) is 0 Å². The maximum atomic E-state index is 6.02. The number of halogens is 1. The van der Waals surface area contributed by atoms with Crippen LogP contribution in [0.2, 0.25) is 5.02 Å². The van der Waals surface area contributed by atoms with Crippen LogP contribution in [0, 0.1) is 0 Å². The fourth-order valence-electron chi connectivity index (χ4n) is 1.84. The minimum atomic E-state index is 0.295. The van der Waals surface area contributed by atoms with E-state index >= 15 is 0 Å². The molecule has 0 aliphatic rings. The third-order valence-electron chi connectivity index (χ3n) is 2.84. The predicted octanol–water partition coefficient (Wildman–Crippen LogP) is 4.57. The summed E-state index contributed by atoms with van der Waals surface area (Å²) < 4.78 is 10.9. The van der Waals surface area contributed by atoms with E-state index in [9.17, 15) is 0 Å². The quantitative estimate of drug-likeness (QED) is 0.704. The number of nitrogens with zero attached hydrogens (tertiary/aromatic N) is 1. The molecule has 0 fully saturated rings. The Kier molecular flexibility index (Phi) is 3.70. The highest BCUT2D eigenvalue weighted by Crippen LogP contribution is 2.25. The van der Waals surface area contributed by atoms with Crippen LogP contribution in [-0.4, -0.2) is 5.16 Å². The predicted molar refractivity (Wildman–Crippen MR) is 77.7 cm³/mol. The van der Waals surface area contributed by atoms with Gasteiger partial charge in [-0.3, -0.25) is 0 Å². The van der Waals surface area contributed by atoms with Crippen LogP contribution in [-0.2, 0) is 6.61 Å². The highest BCUT2D eigenvalue weighted by atomic mass is 35.5. The van der Waals surface area contributed by atoms with E-state index in [1.165, 1.54) is 0 Å². The van der Waals surface area contributed by atoms with Crippen LogP contribution >= 0.6 is 11.6 Å². The van der Waals surface area contributed by atoms with Crippen LogP contribution in [0.4, 0.5) is 0 Å². The first-order valence-corrected chi connectivity index (χ1v) is 6.59. The van der Waals surface area contributed by atoms with Gasteiger partial charge in [-0.05, 0) is 12.1 Å². The molecule has 4 heteroatoms. The molecule has 100 valence electrons. The van der Waals surface area contributed by atoms with Gasteiger partial charge in [0.05, 0.1) is 5.02 Å². The lowest BCUT2D eigenvalue weighted by atomic mass is 10.1. The summed E-state index contributed by atoms with van der Waals surface area (Å²) in [6, 6.07) is 19.1. The molecule has 3 aromatic rings. The smallest absolute Gasteiger partial charge is 0.174 e. The minimum absolute atomic E-state index is 0.295. The van der Waals surface area contributed by atoms with Crippen molar-refractivity contribution in [2.45, 2.75) is 6.61 Å². The van der Waals surface area contributed by atoms with E-state index in [2.05, 4.69) is 5.16 Å². The summed E-state index contributed by atoms with van der Waals surface area (Å²) in [5, 5.41) is 4.61. The first-order valence-electron chi connectivity index (χ1n) is 6.21. The zero-order chi connectivity index (χ0) is 13.8. The second kappa shape index (κ2) is 5.80. The largest absolute Gasteiger partial charge is 0.484 e. The molecule has 3 nitrogen and oxygen atoms in total. The summed E-state index contributed by atoms with van der Waals surface area (Å²) in [4.78, 5) is 0. The average Bonchev–Trinajstić information content (AvgIpc) is 2.96. The lowest BCUT2D eigenvalue weighted by Crippen LogP contribution is -1.93. The topological polar surface area (TPSA) is 35.3 Å². The van der Waals surface area contributed by atoms with Crippen LogP contribution in [0.1, 0.15) is 5.76 Å². The monoisotopic (exact) mass is 285 g/mol. The van der Waals surface area contributed by atoms with Crippen LogP contribution in [0.3, 0.4) is 0 Å². The van der Waals surface area contributed by atoms with Crippen molar-refractivity contribution in [1.82, 2.24) is 5.16 Å². The summed E-state index contributed by atoms with van der Waals surface area (Å²) >= 11 is 6.02. The molecule has 0 bridgehead atoms. The third kappa shape index (κ3) is 2.83. The molecule has 0 atom stereocenters. The van der Waals surface area contributed by atoms with Gasteiger partial charge in [-0.25, -0.2) is 0 Å². The highest BCUT2D eigenvalue weighted by molar-refractivity contribution is 6.32. The van der Waals surface area contributed by atoms with Crippen molar-refractivity contribution in [2.24, 2.45) is 0 Å².